The first-order valence-electron chi connectivity index (χ1n) is 9.86. The Balaban J connectivity index is 1.37. The second-order valence-electron chi connectivity index (χ2n) is 7.25. The van der Waals surface area contributed by atoms with Crippen LogP contribution in [0.4, 0.5) is 4.39 Å². The summed E-state index contributed by atoms with van der Waals surface area (Å²) in [5.41, 5.74) is 2.50. The number of carbonyl (C=O) groups excluding carboxylic acids is 2. The maximum absolute atomic E-state index is 13.2. The summed E-state index contributed by atoms with van der Waals surface area (Å²) in [4.78, 5) is 30.4. The molecule has 0 bridgehead atoms. The molecule has 7 heteroatoms. The molecule has 1 aromatic rings. The molecule has 0 atom stereocenters. The van der Waals surface area contributed by atoms with Gasteiger partial charge in [-0.2, -0.15) is 0 Å². The minimum atomic E-state index is -0.286. The van der Waals surface area contributed by atoms with Gasteiger partial charge in [0.1, 0.15) is 18.2 Å². The zero-order chi connectivity index (χ0) is 20.2. The van der Waals surface area contributed by atoms with Gasteiger partial charge in [0.15, 0.2) is 0 Å². The van der Waals surface area contributed by atoms with Crippen molar-refractivity contribution < 1.29 is 14.0 Å². The molecule has 6 nitrogen and oxygen atoms in total. The zero-order valence-electron chi connectivity index (χ0n) is 16.1. The van der Waals surface area contributed by atoms with Gasteiger partial charge in [-0.15, -0.1) is 0 Å². The predicted molar refractivity (Wildman–Crippen MR) is 108 cm³/mol. The van der Waals surface area contributed by atoms with E-state index in [0.29, 0.717) is 25.3 Å². The molecule has 3 heterocycles. The molecule has 2 amide bonds. The number of halogens is 1. The summed E-state index contributed by atoms with van der Waals surface area (Å²) in [5.74, 6) is 0.537. The molecule has 3 aliphatic heterocycles. The number of likely N-dealkylation sites (tertiary alicyclic amines) is 1. The van der Waals surface area contributed by atoms with Gasteiger partial charge in [0.05, 0.1) is 5.69 Å². The van der Waals surface area contributed by atoms with Crippen molar-refractivity contribution in [2.75, 3.05) is 19.6 Å². The summed E-state index contributed by atoms with van der Waals surface area (Å²) in [6, 6.07) is 12.0. The fourth-order valence-corrected chi connectivity index (χ4v) is 3.64. The number of benzene rings is 1. The van der Waals surface area contributed by atoms with Crippen molar-refractivity contribution in [2.24, 2.45) is 0 Å². The number of hydrogen-bond donors (Lipinski definition) is 1. The fourth-order valence-electron chi connectivity index (χ4n) is 3.64. The first-order chi connectivity index (χ1) is 14.1. The highest BCUT2D eigenvalue weighted by molar-refractivity contribution is 5.78. The number of rotatable bonds is 7. The van der Waals surface area contributed by atoms with Crippen LogP contribution >= 0.6 is 0 Å². The second-order valence-corrected chi connectivity index (χ2v) is 7.25. The van der Waals surface area contributed by atoms with E-state index < -0.39 is 0 Å². The monoisotopic (exact) mass is 394 g/mol. The average Bonchev–Trinajstić information content (AvgIpc) is 3.33. The number of amides is 2. The van der Waals surface area contributed by atoms with Crippen molar-refractivity contribution in [1.82, 2.24) is 19.8 Å². The van der Waals surface area contributed by atoms with Gasteiger partial charge in [-0.3, -0.25) is 9.59 Å². The molecule has 4 rings (SSSR count). The SMILES string of the molecule is O=C(Cn1cccc2cc(-c3ccc(F)cc3)nc1-2)NCCCN1CCCC1=O. The van der Waals surface area contributed by atoms with E-state index in [1.165, 1.54) is 12.1 Å². The van der Waals surface area contributed by atoms with Crippen LogP contribution in [-0.4, -0.2) is 45.9 Å². The Bertz CT molecular complexity index is 983. The minimum Gasteiger partial charge on any atom is -0.354 e. The third kappa shape index (κ3) is 4.45. The molecule has 1 N–H and O–H groups in total. The van der Waals surface area contributed by atoms with Gasteiger partial charge >= 0.3 is 0 Å². The number of nitrogens with one attached hydrogen (secondary N) is 1. The van der Waals surface area contributed by atoms with Gasteiger partial charge in [0.25, 0.3) is 0 Å². The molecule has 0 radical (unpaired) electrons. The van der Waals surface area contributed by atoms with Gasteiger partial charge < -0.3 is 14.8 Å². The molecule has 0 spiro atoms. The van der Waals surface area contributed by atoms with E-state index >= 15 is 0 Å². The molecule has 29 heavy (non-hydrogen) atoms. The normalized spacial score (nSPS) is 14.0. The average molecular weight is 394 g/mol. The molecule has 0 saturated carbocycles. The summed E-state index contributed by atoms with van der Waals surface area (Å²) < 4.78 is 15.0. The van der Waals surface area contributed by atoms with Gasteiger partial charge in [-0.1, -0.05) is 0 Å². The summed E-state index contributed by atoms with van der Waals surface area (Å²) in [6.07, 6.45) is 4.14. The first kappa shape index (κ1) is 19.1. The first-order valence-corrected chi connectivity index (χ1v) is 9.86. The van der Waals surface area contributed by atoms with E-state index in [9.17, 15) is 14.0 Å². The molecule has 1 fully saturated rings. The van der Waals surface area contributed by atoms with Crippen LogP contribution in [0.5, 0.6) is 0 Å². The lowest BCUT2D eigenvalue weighted by Gasteiger charge is -2.15. The van der Waals surface area contributed by atoms with E-state index in [0.717, 1.165) is 36.2 Å². The molecular weight excluding hydrogens is 371 g/mol. The number of fused-ring (bicyclic) bond motifs is 1. The fraction of sp³-hybridized carbons (Fsp3) is 0.318. The maximum Gasteiger partial charge on any atom is 0.239 e. The van der Waals surface area contributed by atoms with E-state index in [1.54, 1.807) is 12.1 Å². The molecule has 0 aromatic heterocycles. The van der Waals surface area contributed by atoms with Crippen LogP contribution in [0.2, 0.25) is 0 Å². The van der Waals surface area contributed by atoms with Crippen molar-refractivity contribution in [3.8, 4) is 22.6 Å². The van der Waals surface area contributed by atoms with E-state index in [2.05, 4.69) is 10.3 Å². The van der Waals surface area contributed by atoms with Crippen molar-refractivity contribution in [2.45, 2.75) is 25.8 Å². The summed E-state index contributed by atoms with van der Waals surface area (Å²) in [7, 11) is 0. The molecule has 150 valence electrons. The highest BCUT2D eigenvalue weighted by Crippen LogP contribution is 2.28. The Morgan fingerprint density at radius 3 is 2.76 bits per heavy atom. The number of pyridine rings is 1. The lowest BCUT2D eigenvalue weighted by atomic mass is 10.1. The van der Waals surface area contributed by atoms with Crippen molar-refractivity contribution in [3.63, 3.8) is 0 Å². The number of aromatic nitrogens is 2. The van der Waals surface area contributed by atoms with Crippen LogP contribution in [0.1, 0.15) is 19.3 Å². The largest absolute Gasteiger partial charge is 0.354 e. The van der Waals surface area contributed by atoms with Crippen molar-refractivity contribution >= 4 is 11.8 Å². The van der Waals surface area contributed by atoms with Crippen LogP contribution in [0, 0.1) is 5.82 Å². The van der Waals surface area contributed by atoms with Crippen molar-refractivity contribution in [1.29, 1.82) is 0 Å². The molecular formula is C22H23FN4O2. The Labute approximate surface area is 168 Å². The topological polar surface area (TPSA) is 67.2 Å². The maximum atomic E-state index is 13.2. The molecule has 3 aliphatic rings. The van der Waals surface area contributed by atoms with Gasteiger partial charge in [-0.25, -0.2) is 9.37 Å². The number of carbonyl (C=O) groups is 2. The molecule has 1 saturated heterocycles. The number of hydrogen-bond acceptors (Lipinski definition) is 3. The Morgan fingerprint density at radius 2 is 2.00 bits per heavy atom. The minimum absolute atomic E-state index is 0.0958. The van der Waals surface area contributed by atoms with Gasteiger partial charge in [0.2, 0.25) is 11.8 Å². The van der Waals surface area contributed by atoms with Gasteiger partial charge in [-0.05, 0) is 55.3 Å². The highest BCUT2D eigenvalue weighted by atomic mass is 19.1. The van der Waals surface area contributed by atoms with Crippen LogP contribution in [-0.2, 0) is 16.1 Å². The van der Waals surface area contributed by atoms with E-state index in [-0.39, 0.29) is 24.2 Å². The number of nitrogens with zero attached hydrogens (tertiary/aromatic N) is 3. The smallest absolute Gasteiger partial charge is 0.239 e. The third-order valence-electron chi connectivity index (χ3n) is 5.14. The summed E-state index contributed by atoms with van der Waals surface area (Å²) in [5, 5.41) is 2.91. The van der Waals surface area contributed by atoms with Crippen LogP contribution < -0.4 is 5.32 Å². The summed E-state index contributed by atoms with van der Waals surface area (Å²) >= 11 is 0. The lowest BCUT2D eigenvalue weighted by molar-refractivity contribution is -0.127. The van der Waals surface area contributed by atoms with Crippen LogP contribution in [0.15, 0.2) is 48.7 Å². The van der Waals surface area contributed by atoms with Crippen LogP contribution in [0.25, 0.3) is 22.6 Å². The van der Waals surface area contributed by atoms with Crippen LogP contribution in [0.3, 0.4) is 0 Å². The standard InChI is InChI=1S/C22H23FN4O2/c23-18-8-6-16(7-9-18)19-14-17-4-1-12-27(22(17)25-19)15-20(28)24-10-3-13-26-11-2-5-21(26)29/h1,4,6-9,12,14H,2-3,5,10-11,13,15H2,(H,24,28). The molecule has 0 aliphatic carbocycles. The van der Waals surface area contributed by atoms with E-state index in [1.807, 2.05) is 33.9 Å². The molecule has 1 aromatic carbocycles. The quantitative estimate of drug-likeness (QED) is 0.627. The third-order valence-corrected chi connectivity index (χ3v) is 5.14. The lowest BCUT2D eigenvalue weighted by Crippen LogP contribution is -2.32. The Kier molecular flexibility index (Phi) is 5.55. The van der Waals surface area contributed by atoms with E-state index in [4.69, 9.17) is 0 Å². The summed E-state index contributed by atoms with van der Waals surface area (Å²) in [6.45, 7) is 2.21. The van der Waals surface area contributed by atoms with Gasteiger partial charge in [0, 0.05) is 43.4 Å². The Morgan fingerprint density at radius 1 is 1.17 bits per heavy atom. The predicted octanol–water partition coefficient (Wildman–Crippen LogP) is 2.92. The Hall–Kier alpha value is -3.22. The molecule has 0 unspecified atom stereocenters. The zero-order valence-corrected chi connectivity index (χ0v) is 16.1. The highest BCUT2D eigenvalue weighted by Gasteiger charge is 2.19. The second kappa shape index (κ2) is 8.43. The van der Waals surface area contributed by atoms with Crippen molar-refractivity contribution in [3.05, 3.63) is 54.5 Å².